The number of hydrogen-bond donors (Lipinski definition) is 1. The molecule has 14 heavy (non-hydrogen) atoms. The Bertz CT molecular complexity index is 286. The molecule has 0 aromatic rings. The monoisotopic (exact) mass is 194 g/mol. The van der Waals surface area contributed by atoms with Crippen molar-refractivity contribution in [3.05, 3.63) is 0 Å². The lowest BCUT2D eigenvalue weighted by Crippen LogP contribution is -2.35. The molecule has 2 nitrogen and oxygen atoms in total. The fourth-order valence-corrected chi connectivity index (χ4v) is 4.45. The molecule has 3 aliphatic rings. The lowest BCUT2D eigenvalue weighted by molar-refractivity contribution is -0.118. The molecule has 0 saturated heterocycles. The standard InChI is InChI=1S/C12H18O2/c1-12-8(2-3-11(12)14)4-7-5-9(13)6-10(7)12/h7-8,10-11,14H,2-6H2,1H3/t7-,8+,10+,11?,12+/m0/s1. The highest BCUT2D eigenvalue weighted by atomic mass is 16.3. The number of carbonyl (C=O) groups excluding carboxylic acids is 1. The summed E-state index contributed by atoms with van der Waals surface area (Å²) >= 11 is 0. The minimum absolute atomic E-state index is 0.0802. The summed E-state index contributed by atoms with van der Waals surface area (Å²) in [7, 11) is 0. The smallest absolute Gasteiger partial charge is 0.133 e. The molecule has 2 heteroatoms. The molecule has 3 fully saturated rings. The molecule has 0 bridgehead atoms. The first-order valence-electron chi connectivity index (χ1n) is 5.82. The van der Waals surface area contributed by atoms with Gasteiger partial charge < -0.3 is 5.11 Å². The molecule has 1 N–H and O–H groups in total. The number of Topliss-reactive ketones (excluding diaryl/α,β-unsaturated/α-hetero) is 1. The van der Waals surface area contributed by atoms with Crippen LogP contribution in [0.1, 0.15) is 39.0 Å². The van der Waals surface area contributed by atoms with E-state index in [9.17, 15) is 9.90 Å². The Balaban J connectivity index is 1.95. The average Bonchev–Trinajstić information content (AvgIpc) is 2.68. The highest BCUT2D eigenvalue weighted by Crippen LogP contribution is 2.63. The van der Waals surface area contributed by atoms with E-state index in [1.165, 1.54) is 12.8 Å². The molecule has 0 amide bonds. The van der Waals surface area contributed by atoms with Gasteiger partial charge in [0.05, 0.1) is 6.10 Å². The van der Waals surface area contributed by atoms with Crippen molar-refractivity contribution in [2.24, 2.45) is 23.2 Å². The lowest BCUT2D eigenvalue weighted by atomic mass is 9.73. The molecule has 0 spiro atoms. The topological polar surface area (TPSA) is 37.3 Å². The second-order valence-corrected chi connectivity index (χ2v) is 5.71. The Morgan fingerprint density at radius 2 is 2.14 bits per heavy atom. The van der Waals surface area contributed by atoms with Gasteiger partial charge in [-0.3, -0.25) is 4.79 Å². The fourth-order valence-electron chi connectivity index (χ4n) is 4.45. The summed E-state index contributed by atoms with van der Waals surface area (Å²) < 4.78 is 0. The molecule has 3 rings (SSSR count). The van der Waals surface area contributed by atoms with Gasteiger partial charge in [-0.25, -0.2) is 0 Å². The largest absolute Gasteiger partial charge is 0.393 e. The molecule has 0 aromatic heterocycles. The van der Waals surface area contributed by atoms with Gasteiger partial charge in [-0.2, -0.15) is 0 Å². The van der Waals surface area contributed by atoms with Crippen molar-refractivity contribution in [2.75, 3.05) is 0 Å². The van der Waals surface area contributed by atoms with E-state index in [0.29, 0.717) is 23.5 Å². The maximum Gasteiger partial charge on any atom is 0.133 e. The predicted octanol–water partition coefficient (Wildman–Crippen LogP) is 1.76. The molecule has 0 aromatic carbocycles. The van der Waals surface area contributed by atoms with E-state index in [0.717, 1.165) is 19.3 Å². The minimum atomic E-state index is -0.145. The maximum atomic E-state index is 11.4. The van der Waals surface area contributed by atoms with Crippen LogP contribution >= 0.6 is 0 Å². The zero-order valence-electron chi connectivity index (χ0n) is 8.70. The number of rotatable bonds is 0. The first-order chi connectivity index (χ1) is 6.62. The van der Waals surface area contributed by atoms with Crippen LogP contribution in [0.2, 0.25) is 0 Å². The van der Waals surface area contributed by atoms with Crippen LogP contribution in [-0.4, -0.2) is 17.0 Å². The van der Waals surface area contributed by atoms with Gasteiger partial charge in [-0.15, -0.1) is 0 Å². The molecule has 3 saturated carbocycles. The number of aliphatic hydroxyl groups is 1. The van der Waals surface area contributed by atoms with Crippen molar-refractivity contribution in [3.8, 4) is 0 Å². The number of fused-ring (bicyclic) bond motifs is 3. The summed E-state index contributed by atoms with van der Waals surface area (Å²) in [6, 6.07) is 0. The Morgan fingerprint density at radius 3 is 2.93 bits per heavy atom. The molecule has 0 radical (unpaired) electrons. The molecule has 78 valence electrons. The van der Waals surface area contributed by atoms with Crippen LogP contribution in [0.15, 0.2) is 0 Å². The van der Waals surface area contributed by atoms with Gasteiger partial charge in [0.15, 0.2) is 0 Å². The Hall–Kier alpha value is -0.370. The number of hydrogen-bond acceptors (Lipinski definition) is 2. The number of aliphatic hydroxyl groups excluding tert-OH is 1. The zero-order chi connectivity index (χ0) is 9.92. The summed E-state index contributed by atoms with van der Waals surface area (Å²) in [5.74, 6) is 2.23. The predicted molar refractivity (Wildman–Crippen MR) is 52.7 cm³/mol. The quantitative estimate of drug-likeness (QED) is 0.638. The minimum Gasteiger partial charge on any atom is -0.393 e. The third-order valence-electron chi connectivity index (χ3n) is 5.28. The van der Waals surface area contributed by atoms with E-state index in [1.54, 1.807) is 0 Å². The number of carbonyl (C=O) groups is 1. The van der Waals surface area contributed by atoms with Gasteiger partial charge in [0.25, 0.3) is 0 Å². The van der Waals surface area contributed by atoms with Crippen LogP contribution in [0.3, 0.4) is 0 Å². The summed E-state index contributed by atoms with van der Waals surface area (Å²) in [5, 5.41) is 10.1. The van der Waals surface area contributed by atoms with Gasteiger partial charge in [0.1, 0.15) is 5.78 Å². The van der Waals surface area contributed by atoms with E-state index in [-0.39, 0.29) is 11.5 Å². The second kappa shape index (κ2) is 2.60. The van der Waals surface area contributed by atoms with Gasteiger partial charge in [-0.1, -0.05) is 6.92 Å². The van der Waals surface area contributed by atoms with Crippen molar-refractivity contribution in [2.45, 2.75) is 45.1 Å². The molecule has 1 unspecified atom stereocenters. The zero-order valence-corrected chi connectivity index (χ0v) is 8.70. The van der Waals surface area contributed by atoms with E-state index in [4.69, 9.17) is 0 Å². The molecule has 0 heterocycles. The van der Waals surface area contributed by atoms with Crippen molar-refractivity contribution >= 4 is 5.78 Å². The normalized spacial score (nSPS) is 56.3. The van der Waals surface area contributed by atoms with Crippen molar-refractivity contribution in [1.82, 2.24) is 0 Å². The van der Waals surface area contributed by atoms with Gasteiger partial charge in [0.2, 0.25) is 0 Å². The summed E-state index contributed by atoms with van der Waals surface area (Å²) in [5.41, 5.74) is 0.0802. The van der Waals surface area contributed by atoms with Crippen molar-refractivity contribution < 1.29 is 9.90 Å². The van der Waals surface area contributed by atoms with E-state index in [1.807, 2.05) is 0 Å². The van der Waals surface area contributed by atoms with Gasteiger partial charge >= 0.3 is 0 Å². The number of ketones is 1. The average molecular weight is 194 g/mol. The summed E-state index contributed by atoms with van der Waals surface area (Å²) in [6.07, 6.45) is 4.73. The highest BCUT2D eigenvalue weighted by molar-refractivity contribution is 5.81. The van der Waals surface area contributed by atoms with Crippen LogP contribution in [0.5, 0.6) is 0 Å². The van der Waals surface area contributed by atoms with Crippen LogP contribution in [-0.2, 0) is 4.79 Å². The van der Waals surface area contributed by atoms with E-state index >= 15 is 0 Å². The van der Waals surface area contributed by atoms with E-state index < -0.39 is 0 Å². The highest BCUT2D eigenvalue weighted by Gasteiger charge is 2.60. The van der Waals surface area contributed by atoms with Gasteiger partial charge in [0, 0.05) is 12.8 Å². The van der Waals surface area contributed by atoms with Crippen LogP contribution in [0.25, 0.3) is 0 Å². The first-order valence-corrected chi connectivity index (χ1v) is 5.82. The van der Waals surface area contributed by atoms with Crippen molar-refractivity contribution in [3.63, 3.8) is 0 Å². The molecule has 5 atom stereocenters. The SMILES string of the molecule is C[C@@]12C(O)CC[C@@H]1C[C@H]1CC(=O)C[C@H]12. The summed E-state index contributed by atoms with van der Waals surface area (Å²) in [4.78, 5) is 11.4. The van der Waals surface area contributed by atoms with Crippen LogP contribution < -0.4 is 0 Å². The van der Waals surface area contributed by atoms with E-state index in [2.05, 4.69) is 6.92 Å². The van der Waals surface area contributed by atoms with Crippen molar-refractivity contribution in [1.29, 1.82) is 0 Å². The molecular weight excluding hydrogens is 176 g/mol. The van der Waals surface area contributed by atoms with Crippen LogP contribution in [0, 0.1) is 23.2 Å². The Labute approximate surface area is 84.7 Å². The third kappa shape index (κ3) is 0.881. The molecular formula is C12H18O2. The Morgan fingerprint density at radius 1 is 1.36 bits per heavy atom. The van der Waals surface area contributed by atoms with Crippen LogP contribution in [0.4, 0.5) is 0 Å². The maximum absolute atomic E-state index is 11.4. The summed E-state index contributed by atoms with van der Waals surface area (Å²) in [6.45, 7) is 2.22. The third-order valence-corrected chi connectivity index (χ3v) is 5.28. The molecule has 0 aliphatic heterocycles. The Kier molecular flexibility index (Phi) is 1.65. The van der Waals surface area contributed by atoms with Gasteiger partial charge in [-0.05, 0) is 42.4 Å². The molecule has 3 aliphatic carbocycles. The lowest BCUT2D eigenvalue weighted by Gasteiger charge is -2.34. The second-order valence-electron chi connectivity index (χ2n) is 5.71. The first kappa shape index (κ1) is 8.90. The fraction of sp³-hybridized carbons (Fsp3) is 0.917.